The molecule has 2 aromatic heterocycles. The second-order valence-corrected chi connectivity index (χ2v) is 7.93. The maximum atomic E-state index is 11.5. The van der Waals surface area contributed by atoms with E-state index >= 15 is 0 Å². The predicted octanol–water partition coefficient (Wildman–Crippen LogP) is 3.99. The zero-order chi connectivity index (χ0) is 16.6. The van der Waals surface area contributed by atoms with Crippen LogP contribution in [0.15, 0.2) is 24.3 Å². The van der Waals surface area contributed by atoms with Gasteiger partial charge in [0.25, 0.3) is 0 Å². The summed E-state index contributed by atoms with van der Waals surface area (Å²) in [7, 11) is 0. The number of carbonyl (C=O) groups is 1. The summed E-state index contributed by atoms with van der Waals surface area (Å²) in [6, 6.07) is 8.57. The molecule has 2 heterocycles. The highest BCUT2D eigenvalue weighted by atomic mass is 32.1. The average Bonchev–Trinajstić information content (AvgIpc) is 3.03. The molecule has 0 bridgehead atoms. The maximum absolute atomic E-state index is 11.5. The first-order chi connectivity index (χ1) is 10.9. The van der Waals surface area contributed by atoms with Crippen LogP contribution in [0, 0.1) is 6.92 Å². The summed E-state index contributed by atoms with van der Waals surface area (Å²) in [5.74, 6) is 0. The fourth-order valence-electron chi connectivity index (χ4n) is 2.57. The standard InChI is InChI=1S/C18H21N3OS/c1-12-5-7-13(8-6-12)9-10-15-20-21-14(11-22)16(18(2,3)4)19-17(21)23-15/h5-8,11H,9-10H2,1-4H3. The van der Waals surface area contributed by atoms with Gasteiger partial charge in [-0.3, -0.25) is 4.79 Å². The minimum Gasteiger partial charge on any atom is -0.296 e. The summed E-state index contributed by atoms with van der Waals surface area (Å²) in [6.07, 6.45) is 2.67. The van der Waals surface area contributed by atoms with E-state index < -0.39 is 0 Å². The van der Waals surface area contributed by atoms with Crippen LogP contribution in [0.4, 0.5) is 0 Å². The molecule has 3 rings (SSSR count). The summed E-state index contributed by atoms with van der Waals surface area (Å²) in [5, 5.41) is 5.60. The molecule has 0 saturated carbocycles. The third kappa shape index (κ3) is 3.20. The van der Waals surface area contributed by atoms with Crippen LogP contribution in [0.3, 0.4) is 0 Å². The van der Waals surface area contributed by atoms with Crippen molar-refractivity contribution in [3.8, 4) is 0 Å². The van der Waals surface area contributed by atoms with E-state index in [2.05, 4.69) is 62.0 Å². The maximum Gasteiger partial charge on any atom is 0.213 e. The van der Waals surface area contributed by atoms with E-state index in [9.17, 15) is 4.79 Å². The van der Waals surface area contributed by atoms with Gasteiger partial charge in [0, 0.05) is 11.8 Å². The van der Waals surface area contributed by atoms with Crippen LogP contribution in [-0.2, 0) is 18.3 Å². The normalized spacial score (nSPS) is 12.0. The van der Waals surface area contributed by atoms with Gasteiger partial charge in [-0.15, -0.1) is 0 Å². The van der Waals surface area contributed by atoms with E-state index in [0.29, 0.717) is 5.69 Å². The number of aldehydes is 1. The molecule has 23 heavy (non-hydrogen) atoms. The first-order valence-corrected chi connectivity index (χ1v) is 8.60. The highest BCUT2D eigenvalue weighted by Crippen LogP contribution is 2.27. The number of fused-ring (bicyclic) bond motifs is 1. The highest BCUT2D eigenvalue weighted by molar-refractivity contribution is 7.16. The van der Waals surface area contributed by atoms with E-state index in [4.69, 9.17) is 0 Å². The number of aryl methyl sites for hydroxylation is 3. The van der Waals surface area contributed by atoms with Gasteiger partial charge in [-0.05, 0) is 18.9 Å². The van der Waals surface area contributed by atoms with Gasteiger partial charge >= 0.3 is 0 Å². The molecule has 0 aliphatic heterocycles. The number of rotatable bonds is 4. The van der Waals surface area contributed by atoms with Crippen LogP contribution in [-0.4, -0.2) is 20.9 Å². The minimum atomic E-state index is -0.161. The molecule has 0 fully saturated rings. The van der Waals surface area contributed by atoms with Crippen molar-refractivity contribution in [2.24, 2.45) is 0 Å². The van der Waals surface area contributed by atoms with Gasteiger partial charge in [0.1, 0.15) is 10.7 Å². The fraction of sp³-hybridized carbons (Fsp3) is 0.389. The Bertz CT molecular complexity index is 838. The Kier molecular flexibility index (Phi) is 4.06. The van der Waals surface area contributed by atoms with E-state index in [0.717, 1.165) is 34.8 Å². The number of carbonyl (C=O) groups excluding carboxylic acids is 1. The Morgan fingerprint density at radius 3 is 2.48 bits per heavy atom. The number of nitrogens with zero attached hydrogens (tertiary/aromatic N) is 3. The lowest BCUT2D eigenvalue weighted by Gasteiger charge is -2.15. The molecule has 120 valence electrons. The highest BCUT2D eigenvalue weighted by Gasteiger charge is 2.25. The Morgan fingerprint density at radius 2 is 1.87 bits per heavy atom. The fourth-order valence-corrected chi connectivity index (χ4v) is 3.47. The van der Waals surface area contributed by atoms with Crippen molar-refractivity contribution in [1.82, 2.24) is 14.6 Å². The van der Waals surface area contributed by atoms with Crippen molar-refractivity contribution in [1.29, 1.82) is 0 Å². The van der Waals surface area contributed by atoms with E-state index in [-0.39, 0.29) is 5.41 Å². The third-order valence-electron chi connectivity index (χ3n) is 3.85. The van der Waals surface area contributed by atoms with Gasteiger partial charge in [0.2, 0.25) is 4.96 Å². The molecule has 0 saturated heterocycles. The number of benzene rings is 1. The lowest BCUT2D eigenvalue weighted by atomic mass is 9.91. The minimum absolute atomic E-state index is 0.161. The van der Waals surface area contributed by atoms with Gasteiger partial charge in [-0.25, -0.2) is 4.98 Å². The van der Waals surface area contributed by atoms with E-state index in [1.807, 2.05) is 0 Å². The van der Waals surface area contributed by atoms with Gasteiger partial charge in [-0.2, -0.15) is 9.61 Å². The largest absolute Gasteiger partial charge is 0.296 e. The third-order valence-corrected chi connectivity index (χ3v) is 4.82. The SMILES string of the molecule is Cc1ccc(CCc2nn3c(C=O)c(C(C)(C)C)nc3s2)cc1. The molecule has 3 aromatic rings. The van der Waals surface area contributed by atoms with Crippen LogP contribution in [0.25, 0.3) is 4.96 Å². The quantitative estimate of drug-likeness (QED) is 0.681. The molecule has 0 N–H and O–H groups in total. The van der Waals surface area contributed by atoms with E-state index in [1.54, 1.807) is 15.9 Å². The first-order valence-electron chi connectivity index (χ1n) is 7.78. The number of hydrogen-bond acceptors (Lipinski definition) is 4. The summed E-state index contributed by atoms with van der Waals surface area (Å²) in [5.41, 5.74) is 3.80. The van der Waals surface area contributed by atoms with E-state index in [1.165, 1.54) is 11.1 Å². The summed E-state index contributed by atoms with van der Waals surface area (Å²) in [6.45, 7) is 8.27. The Morgan fingerprint density at radius 1 is 1.17 bits per heavy atom. The second-order valence-electron chi connectivity index (χ2n) is 6.89. The van der Waals surface area contributed by atoms with Crippen LogP contribution >= 0.6 is 11.3 Å². The number of imidazole rings is 1. The van der Waals surface area contributed by atoms with Crippen molar-refractivity contribution in [2.45, 2.75) is 46.0 Å². The van der Waals surface area contributed by atoms with Gasteiger partial charge < -0.3 is 0 Å². The average molecular weight is 327 g/mol. The lowest BCUT2D eigenvalue weighted by molar-refractivity contribution is 0.111. The van der Waals surface area contributed by atoms with Crippen molar-refractivity contribution in [2.75, 3.05) is 0 Å². The zero-order valence-electron chi connectivity index (χ0n) is 14.0. The van der Waals surface area contributed by atoms with Crippen molar-refractivity contribution in [3.63, 3.8) is 0 Å². The zero-order valence-corrected chi connectivity index (χ0v) is 14.8. The summed E-state index contributed by atoms with van der Waals surface area (Å²) in [4.78, 5) is 16.9. The molecule has 0 radical (unpaired) electrons. The summed E-state index contributed by atoms with van der Waals surface area (Å²) < 4.78 is 1.70. The molecule has 4 nitrogen and oxygen atoms in total. The Balaban J connectivity index is 1.85. The molecule has 0 aliphatic rings. The summed E-state index contributed by atoms with van der Waals surface area (Å²) >= 11 is 1.57. The molecule has 5 heteroatoms. The molecule has 0 aliphatic carbocycles. The number of aromatic nitrogens is 3. The van der Waals surface area contributed by atoms with Crippen LogP contribution in [0.5, 0.6) is 0 Å². The molecule has 1 aromatic carbocycles. The van der Waals surface area contributed by atoms with Crippen LogP contribution < -0.4 is 0 Å². The smallest absolute Gasteiger partial charge is 0.213 e. The Labute approximate surface area is 140 Å². The van der Waals surface area contributed by atoms with Crippen molar-refractivity contribution >= 4 is 22.6 Å². The second kappa shape index (κ2) is 5.89. The van der Waals surface area contributed by atoms with Crippen molar-refractivity contribution in [3.05, 3.63) is 51.8 Å². The van der Waals surface area contributed by atoms with Gasteiger partial charge in [0.15, 0.2) is 6.29 Å². The monoisotopic (exact) mass is 327 g/mol. The topological polar surface area (TPSA) is 47.3 Å². The predicted molar refractivity (Wildman–Crippen MR) is 93.5 cm³/mol. The van der Waals surface area contributed by atoms with Crippen LogP contribution in [0.2, 0.25) is 0 Å². The first kappa shape index (κ1) is 15.9. The Hall–Kier alpha value is -2.01. The number of hydrogen-bond donors (Lipinski definition) is 0. The molecule has 0 atom stereocenters. The van der Waals surface area contributed by atoms with Crippen molar-refractivity contribution < 1.29 is 4.79 Å². The molecule has 0 unspecified atom stereocenters. The molecule has 0 amide bonds. The van der Waals surface area contributed by atoms with Gasteiger partial charge in [0.05, 0.1) is 5.69 Å². The molecule has 0 spiro atoms. The van der Waals surface area contributed by atoms with Crippen LogP contribution in [0.1, 0.15) is 53.1 Å². The molecular weight excluding hydrogens is 306 g/mol. The van der Waals surface area contributed by atoms with Gasteiger partial charge in [-0.1, -0.05) is 61.9 Å². The molecular formula is C18H21N3OS. The lowest BCUT2D eigenvalue weighted by Crippen LogP contribution is -2.15.